The number of methoxy groups -OCH3 is 1. The van der Waals surface area contributed by atoms with Gasteiger partial charge in [-0.25, -0.2) is 4.79 Å². The molecule has 1 aromatic carbocycles. The third kappa shape index (κ3) is 5.55. The standard InChI is InChI=1S/C16H23NO4/c1-16(2,3)13(21-4)10-17-14(18)9-11-6-5-7-12(8-11)15(19)20/h5-8,13H,9-10H2,1-4H3,(H,17,18)(H,19,20). The molecular formula is C16H23NO4. The molecule has 0 aliphatic carbocycles. The minimum Gasteiger partial charge on any atom is -0.478 e. The summed E-state index contributed by atoms with van der Waals surface area (Å²) in [6.45, 7) is 6.56. The van der Waals surface area contributed by atoms with Gasteiger partial charge in [0.25, 0.3) is 0 Å². The number of carboxylic acid groups (broad SMARTS) is 1. The van der Waals surface area contributed by atoms with Gasteiger partial charge in [-0.1, -0.05) is 32.9 Å². The molecule has 5 heteroatoms. The summed E-state index contributed by atoms with van der Waals surface area (Å²) >= 11 is 0. The average Bonchev–Trinajstić information content (AvgIpc) is 2.38. The van der Waals surface area contributed by atoms with Crippen LogP contribution >= 0.6 is 0 Å². The molecule has 1 rings (SSSR count). The third-order valence-electron chi connectivity index (χ3n) is 3.27. The molecule has 0 saturated heterocycles. The van der Waals surface area contributed by atoms with E-state index in [1.807, 2.05) is 20.8 Å². The van der Waals surface area contributed by atoms with Gasteiger partial charge in [-0.15, -0.1) is 0 Å². The minimum atomic E-state index is -0.996. The highest BCUT2D eigenvalue weighted by atomic mass is 16.5. The summed E-state index contributed by atoms with van der Waals surface area (Å²) in [4.78, 5) is 22.8. The molecule has 0 aliphatic rings. The van der Waals surface area contributed by atoms with Crippen LogP contribution in [-0.4, -0.2) is 36.7 Å². The first kappa shape index (κ1) is 17.2. The van der Waals surface area contributed by atoms with Crippen LogP contribution in [0.15, 0.2) is 24.3 Å². The highest BCUT2D eigenvalue weighted by molar-refractivity contribution is 5.88. The second-order valence-electron chi connectivity index (χ2n) is 6.08. The van der Waals surface area contributed by atoms with Crippen molar-refractivity contribution in [2.45, 2.75) is 33.3 Å². The van der Waals surface area contributed by atoms with Gasteiger partial charge in [0, 0.05) is 13.7 Å². The van der Waals surface area contributed by atoms with Crippen molar-refractivity contribution in [1.29, 1.82) is 0 Å². The molecule has 0 spiro atoms. The monoisotopic (exact) mass is 293 g/mol. The lowest BCUT2D eigenvalue weighted by Crippen LogP contribution is -2.41. The first-order valence-electron chi connectivity index (χ1n) is 6.85. The van der Waals surface area contributed by atoms with E-state index in [2.05, 4.69) is 5.32 Å². The highest BCUT2D eigenvalue weighted by Gasteiger charge is 2.24. The number of amides is 1. The Kier molecular flexibility index (Phi) is 5.90. The van der Waals surface area contributed by atoms with Gasteiger partial charge >= 0.3 is 5.97 Å². The van der Waals surface area contributed by atoms with Crippen molar-refractivity contribution in [2.75, 3.05) is 13.7 Å². The Balaban J connectivity index is 2.58. The lowest BCUT2D eigenvalue weighted by atomic mass is 9.89. The number of carboxylic acids is 1. The fourth-order valence-electron chi connectivity index (χ4n) is 2.01. The molecule has 0 aliphatic heterocycles. The van der Waals surface area contributed by atoms with Crippen LogP contribution < -0.4 is 5.32 Å². The van der Waals surface area contributed by atoms with Crippen LogP contribution in [0, 0.1) is 5.41 Å². The summed E-state index contributed by atoms with van der Waals surface area (Å²) in [6, 6.07) is 6.40. The van der Waals surface area contributed by atoms with Crippen molar-refractivity contribution < 1.29 is 19.4 Å². The zero-order chi connectivity index (χ0) is 16.0. The average molecular weight is 293 g/mol. The number of hydrogen-bond acceptors (Lipinski definition) is 3. The number of nitrogens with one attached hydrogen (secondary N) is 1. The second kappa shape index (κ2) is 7.22. The molecule has 0 saturated carbocycles. The van der Waals surface area contributed by atoms with Gasteiger partial charge in [0.05, 0.1) is 18.1 Å². The van der Waals surface area contributed by atoms with Crippen molar-refractivity contribution >= 4 is 11.9 Å². The van der Waals surface area contributed by atoms with Crippen molar-refractivity contribution in [3.8, 4) is 0 Å². The number of hydrogen-bond donors (Lipinski definition) is 2. The SMILES string of the molecule is COC(CNC(=O)Cc1cccc(C(=O)O)c1)C(C)(C)C. The molecule has 21 heavy (non-hydrogen) atoms. The molecule has 2 N–H and O–H groups in total. The largest absolute Gasteiger partial charge is 0.478 e. The lowest BCUT2D eigenvalue weighted by molar-refractivity contribution is -0.121. The summed E-state index contributed by atoms with van der Waals surface area (Å²) in [5.74, 6) is -1.15. The molecule has 1 aromatic rings. The zero-order valence-electron chi connectivity index (χ0n) is 13.0. The van der Waals surface area contributed by atoms with Crippen molar-refractivity contribution in [3.05, 3.63) is 35.4 Å². The van der Waals surface area contributed by atoms with E-state index < -0.39 is 5.97 Å². The Hall–Kier alpha value is -1.88. The first-order chi connectivity index (χ1) is 9.74. The van der Waals surface area contributed by atoms with Crippen LogP contribution in [0.1, 0.15) is 36.7 Å². The smallest absolute Gasteiger partial charge is 0.335 e. The van der Waals surface area contributed by atoms with Gasteiger partial charge in [-0.05, 0) is 23.1 Å². The zero-order valence-corrected chi connectivity index (χ0v) is 13.0. The van der Waals surface area contributed by atoms with Crippen LogP contribution in [-0.2, 0) is 16.0 Å². The van der Waals surface area contributed by atoms with Gasteiger partial charge in [0.2, 0.25) is 5.91 Å². The molecule has 1 unspecified atom stereocenters. The van der Waals surface area contributed by atoms with Gasteiger partial charge in [-0.3, -0.25) is 4.79 Å². The molecule has 0 fully saturated rings. The number of carbonyl (C=O) groups excluding carboxylic acids is 1. The lowest BCUT2D eigenvalue weighted by Gasteiger charge is -2.29. The van der Waals surface area contributed by atoms with E-state index in [4.69, 9.17) is 9.84 Å². The van der Waals surface area contributed by atoms with E-state index in [0.29, 0.717) is 12.1 Å². The van der Waals surface area contributed by atoms with E-state index >= 15 is 0 Å². The van der Waals surface area contributed by atoms with Crippen LogP contribution in [0.2, 0.25) is 0 Å². The van der Waals surface area contributed by atoms with E-state index in [0.717, 1.165) is 0 Å². The molecule has 5 nitrogen and oxygen atoms in total. The van der Waals surface area contributed by atoms with Gasteiger partial charge in [0.1, 0.15) is 0 Å². The molecule has 116 valence electrons. The van der Waals surface area contributed by atoms with Crippen LogP contribution in [0.5, 0.6) is 0 Å². The third-order valence-corrected chi connectivity index (χ3v) is 3.27. The Morgan fingerprint density at radius 2 is 2.00 bits per heavy atom. The van der Waals surface area contributed by atoms with Crippen LogP contribution in [0.3, 0.4) is 0 Å². The second-order valence-corrected chi connectivity index (χ2v) is 6.08. The maximum absolute atomic E-state index is 11.9. The fraction of sp³-hybridized carbons (Fsp3) is 0.500. The maximum Gasteiger partial charge on any atom is 0.335 e. The quantitative estimate of drug-likeness (QED) is 0.842. The number of rotatable bonds is 6. The maximum atomic E-state index is 11.9. The summed E-state index contributed by atoms with van der Waals surface area (Å²) in [5, 5.41) is 11.7. The Bertz CT molecular complexity index is 505. The molecule has 0 radical (unpaired) electrons. The van der Waals surface area contributed by atoms with Gasteiger partial charge in [0.15, 0.2) is 0 Å². The van der Waals surface area contributed by atoms with Crippen molar-refractivity contribution in [2.24, 2.45) is 5.41 Å². The van der Waals surface area contributed by atoms with Crippen molar-refractivity contribution in [1.82, 2.24) is 5.32 Å². The minimum absolute atomic E-state index is 0.0642. The van der Waals surface area contributed by atoms with Gasteiger partial charge < -0.3 is 15.2 Å². The predicted molar refractivity (Wildman–Crippen MR) is 80.4 cm³/mol. The molecule has 0 aromatic heterocycles. The summed E-state index contributed by atoms with van der Waals surface area (Å²) in [5.41, 5.74) is 0.799. The fourth-order valence-corrected chi connectivity index (χ4v) is 2.01. The normalized spacial score (nSPS) is 12.8. The van der Waals surface area contributed by atoms with Crippen LogP contribution in [0.4, 0.5) is 0 Å². The topological polar surface area (TPSA) is 75.6 Å². The van der Waals surface area contributed by atoms with Crippen LogP contribution in [0.25, 0.3) is 0 Å². The molecule has 0 heterocycles. The summed E-state index contributed by atoms with van der Waals surface area (Å²) in [7, 11) is 1.62. The number of benzene rings is 1. The molecule has 1 atom stereocenters. The highest BCUT2D eigenvalue weighted by Crippen LogP contribution is 2.20. The van der Waals surface area contributed by atoms with Gasteiger partial charge in [-0.2, -0.15) is 0 Å². The van der Waals surface area contributed by atoms with E-state index in [1.54, 1.807) is 19.2 Å². The Morgan fingerprint density at radius 3 is 2.52 bits per heavy atom. The van der Waals surface area contributed by atoms with E-state index in [1.165, 1.54) is 12.1 Å². The van der Waals surface area contributed by atoms with Crippen molar-refractivity contribution in [3.63, 3.8) is 0 Å². The number of aromatic carboxylic acids is 1. The number of ether oxygens (including phenoxy) is 1. The van der Waals surface area contributed by atoms with E-state index in [9.17, 15) is 9.59 Å². The first-order valence-corrected chi connectivity index (χ1v) is 6.85. The summed E-state index contributed by atoms with van der Waals surface area (Å²) < 4.78 is 5.37. The summed E-state index contributed by atoms with van der Waals surface area (Å²) in [6.07, 6.45) is 0.0774. The predicted octanol–water partition coefficient (Wildman–Crippen LogP) is 2.10. The Morgan fingerprint density at radius 1 is 1.33 bits per heavy atom. The molecular weight excluding hydrogens is 270 g/mol. The molecule has 1 amide bonds. The number of carbonyl (C=O) groups is 2. The Labute approximate surface area is 125 Å². The molecule has 0 bridgehead atoms. The van der Waals surface area contributed by atoms with E-state index in [-0.39, 0.29) is 29.4 Å².